The predicted molar refractivity (Wildman–Crippen MR) is 131 cm³/mol. The third-order valence-corrected chi connectivity index (χ3v) is 7.21. The van der Waals surface area contributed by atoms with E-state index < -0.39 is 30.2 Å². The average molecular weight is 515 g/mol. The van der Waals surface area contributed by atoms with Crippen LogP contribution >= 0.6 is 0 Å². The molecule has 10 nitrogen and oxygen atoms in total. The van der Waals surface area contributed by atoms with Crippen LogP contribution in [-0.4, -0.2) is 81.1 Å². The highest BCUT2D eigenvalue weighted by molar-refractivity contribution is 5.75. The van der Waals surface area contributed by atoms with Crippen molar-refractivity contribution in [2.45, 2.75) is 43.6 Å². The minimum absolute atomic E-state index is 0.0470. The Morgan fingerprint density at radius 3 is 2.68 bits per heavy atom. The molecular weight excluding hydrogens is 486 g/mol. The maximum Gasteiger partial charge on any atom is 0.407 e. The first-order valence-corrected chi connectivity index (χ1v) is 11.9. The summed E-state index contributed by atoms with van der Waals surface area (Å²) in [5.41, 5.74) is 1.68. The summed E-state index contributed by atoms with van der Waals surface area (Å²) in [4.78, 5) is 23.5. The van der Waals surface area contributed by atoms with Gasteiger partial charge in [-0.1, -0.05) is 0 Å². The van der Waals surface area contributed by atoms with Gasteiger partial charge in [0.2, 0.25) is 0 Å². The lowest BCUT2D eigenvalue weighted by Crippen LogP contribution is -2.58. The molecule has 2 aromatic heterocycles. The minimum atomic E-state index is -1.34. The largest absolute Gasteiger partial charge is 0.467 e. The van der Waals surface area contributed by atoms with Crippen LogP contribution in [0.5, 0.6) is 5.75 Å². The van der Waals surface area contributed by atoms with Gasteiger partial charge in [0.05, 0.1) is 36.4 Å². The molecular formula is C25H28F2N6O4. The van der Waals surface area contributed by atoms with E-state index in [2.05, 4.69) is 15.1 Å². The first kappa shape index (κ1) is 24.9. The van der Waals surface area contributed by atoms with Gasteiger partial charge in [-0.3, -0.25) is 14.6 Å². The van der Waals surface area contributed by atoms with E-state index in [0.717, 1.165) is 0 Å². The van der Waals surface area contributed by atoms with E-state index in [1.54, 1.807) is 42.1 Å². The third-order valence-electron chi connectivity index (χ3n) is 7.21. The van der Waals surface area contributed by atoms with Crippen molar-refractivity contribution in [3.63, 3.8) is 0 Å². The highest BCUT2D eigenvalue weighted by atomic mass is 19.1. The van der Waals surface area contributed by atoms with Crippen molar-refractivity contribution in [1.82, 2.24) is 24.6 Å². The van der Waals surface area contributed by atoms with Crippen molar-refractivity contribution in [3.05, 3.63) is 42.7 Å². The first-order chi connectivity index (χ1) is 17.8. The quantitative estimate of drug-likeness (QED) is 0.476. The molecule has 2 bridgehead atoms. The van der Waals surface area contributed by atoms with Crippen molar-refractivity contribution in [1.29, 1.82) is 0 Å². The number of aromatic nitrogens is 4. The number of carboxylic acid groups (broad SMARTS) is 1. The molecule has 1 amide bonds. The van der Waals surface area contributed by atoms with Crippen LogP contribution in [0.3, 0.4) is 0 Å². The summed E-state index contributed by atoms with van der Waals surface area (Å²) in [6, 6.07) is 1.51. The summed E-state index contributed by atoms with van der Waals surface area (Å²) >= 11 is 0. The molecule has 0 aliphatic carbocycles. The molecule has 2 fully saturated rings. The molecule has 12 heteroatoms. The van der Waals surface area contributed by atoms with Gasteiger partial charge in [0.15, 0.2) is 6.79 Å². The molecule has 3 aromatic rings. The number of aryl methyl sites for hydroxylation is 1. The van der Waals surface area contributed by atoms with Gasteiger partial charge in [0.25, 0.3) is 0 Å². The molecule has 2 aliphatic rings. The van der Waals surface area contributed by atoms with E-state index in [1.165, 1.54) is 30.5 Å². The lowest BCUT2D eigenvalue weighted by Gasteiger charge is -2.43. The van der Waals surface area contributed by atoms with E-state index in [9.17, 15) is 9.90 Å². The average Bonchev–Trinajstić information content (AvgIpc) is 3.48. The van der Waals surface area contributed by atoms with Gasteiger partial charge in [-0.15, -0.1) is 0 Å². The number of ether oxygens (including phenoxy) is 2. The summed E-state index contributed by atoms with van der Waals surface area (Å²) in [6.07, 6.45) is 5.37. The number of piperidine rings is 1. The Hall–Kier alpha value is -3.80. The lowest BCUT2D eigenvalue weighted by molar-refractivity contribution is 0.0489. The van der Waals surface area contributed by atoms with Crippen LogP contribution in [0.4, 0.5) is 19.4 Å². The number of methoxy groups -OCH3 is 1. The summed E-state index contributed by atoms with van der Waals surface area (Å²) in [5, 5.41) is 13.6. The van der Waals surface area contributed by atoms with E-state index in [-0.39, 0.29) is 12.8 Å². The maximum atomic E-state index is 15.4. The summed E-state index contributed by atoms with van der Waals surface area (Å²) in [7, 11) is 4.96. The number of fused-ring (bicyclic) bond motifs is 2. The number of hydrogen-bond donors (Lipinski definition) is 1. The van der Waals surface area contributed by atoms with Crippen LogP contribution in [0.25, 0.3) is 22.4 Å². The fourth-order valence-electron chi connectivity index (χ4n) is 5.38. The molecule has 0 spiro atoms. The topological polar surface area (TPSA) is 106 Å². The number of carbonyl (C=O) groups is 1. The van der Waals surface area contributed by atoms with Crippen molar-refractivity contribution in [3.8, 4) is 28.1 Å². The smallest absolute Gasteiger partial charge is 0.407 e. The molecule has 2 aliphatic heterocycles. The summed E-state index contributed by atoms with van der Waals surface area (Å²) in [5.74, 6) is 0.321. The Morgan fingerprint density at radius 2 is 2.03 bits per heavy atom. The number of nitrogens with zero attached hydrogens (tertiary/aromatic N) is 6. The number of amides is 1. The third kappa shape index (κ3) is 4.57. The van der Waals surface area contributed by atoms with E-state index in [4.69, 9.17) is 9.47 Å². The van der Waals surface area contributed by atoms with Crippen LogP contribution < -0.4 is 9.64 Å². The normalized spacial score (nSPS) is 22.8. The Bertz CT molecular complexity index is 1290. The Balaban J connectivity index is 1.41. The van der Waals surface area contributed by atoms with Crippen LogP contribution in [0.2, 0.25) is 0 Å². The second kappa shape index (κ2) is 9.92. The van der Waals surface area contributed by atoms with Crippen molar-refractivity contribution >= 4 is 11.9 Å². The van der Waals surface area contributed by atoms with E-state index >= 15 is 8.78 Å². The molecule has 4 heterocycles. The molecule has 5 rings (SSSR count). The van der Waals surface area contributed by atoms with Crippen LogP contribution in [0.1, 0.15) is 19.3 Å². The second-order valence-corrected chi connectivity index (χ2v) is 9.39. The molecule has 196 valence electrons. The highest BCUT2D eigenvalue weighted by Gasteiger charge is 2.51. The molecule has 1 aromatic carbocycles. The fourth-order valence-corrected chi connectivity index (χ4v) is 5.38. The van der Waals surface area contributed by atoms with Gasteiger partial charge in [0.1, 0.15) is 23.6 Å². The van der Waals surface area contributed by atoms with Crippen molar-refractivity contribution < 1.29 is 28.2 Å². The SMILES string of the molecule is COCOc1cc(-c2cnn(C)c2)c(F)cc1-c1cnc(N(C)C2CC3CCC(C2F)N3C(=O)O)cn1. The zero-order valence-corrected chi connectivity index (χ0v) is 20.7. The van der Waals surface area contributed by atoms with E-state index in [1.807, 2.05) is 0 Å². The van der Waals surface area contributed by atoms with Gasteiger partial charge in [-0.25, -0.2) is 18.6 Å². The molecule has 0 radical (unpaired) electrons. The van der Waals surface area contributed by atoms with Crippen molar-refractivity contribution in [2.24, 2.45) is 7.05 Å². The van der Waals surface area contributed by atoms with Gasteiger partial charge in [0, 0.05) is 50.1 Å². The number of benzene rings is 1. The molecule has 0 saturated carbocycles. The van der Waals surface area contributed by atoms with E-state index in [0.29, 0.717) is 53.2 Å². The monoisotopic (exact) mass is 514 g/mol. The fraction of sp³-hybridized carbons (Fsp3) is 0.440. The molecule has 2 saturated heterocycles. The van der Waals surface area contributed by atoms with Crippen LogP contribution in [0, 0.1) is 5.82 Å². The first-order valence-electron chi connectivity index (χ1n) is 11.9. The molecule has 37 heavy (non-hydrogen) atoms. The Labute approximate surface area is 212 Å². The zero-order chi connectivity index (χ0) is 26.3. The number of halogens is 2. The Morgan fingerprint density at radius 1 is 1.22 bits per heavy atom. The minimum Gasteiger partial charge on any atom is -0.467 e. The van der Waals surface area contributed by atoms with Gasteiger partial charge >= 0.3 is 6.09 Å². The van der Waals surface area contributed by atoms with Crippen LogP contribution in [-0.2, 0) is 11.8 Å². The van der Waals surface area contributed by atoms with Gasteiger partial charge in [-0.05, 0) is 31.4 Å². The zero-order valence-electron chi connectivity index (χ0n) is 20.7. The summed E-state index contributed by atoms with van der Waals surface area (Å²) < 4.78 is 42.8. The highest BCUT2D eigenvalue weighted by Crippen LogP contribution is 2.40. The Kier molecular flexibility index (Phi) is 6.67. The van der Waals surface area contributed by atoms with Crippen LogP contribution in [0.15, 0.2) is 36.9 Å². The lowest BCUT2D eigenvalue weighted by atomic mass is 9.94. The van der Waals surface area contributed by atoms with Gasteiger partial charge in [-0.2, -0.15) is 5.10 Å². The van der Waals surface area contributed by atoms with Gasteiger partial charge < -0.3 is 19.5 Å². The maximum absolute atomic E-state index is 15.4. The second-order valence-electron chi connectivity index (χ2n) is 9.39. The number of hydrogen-bond acceptors (Lipinski definition) is 7. The number of rotatable bonds is 7. The number of anilines is 1. The summed E-state index contributed by atoms with van der Waals surface area (Å²) in [6.45, 7) is -0.0470. The standard InChI is InChI=1S/C25H28F2N6O4/c1-31-12-14(9-30-31)16-8-22(37-13-36-3)17(7-18(16)26)19-10-29-23(11-28-19)32(2)21-6-15-4-5-20(24(21)27)33(15)25(34)35/h7-12,15,20-21,24H,4-6,13H2,1-3H3,(H,34,35). The van der Waals surface area contributed by atoms with Crippen molar-refractivity contribution in [2.75, 3.05) is 25.9 Å². The molecule has 4 atom stereocenters. The molecule has 1 N–H and O–H groups in total. The predicted octanol–water partition coefficient (Wildman–Crippen LogP) is 3.72. The number of alkyl halides is 1. The molecule has 4 unspecified atom stereocenters.